The molecule has 0 bridgehead atoms. The lowest BCUT2D eigenvalue weighted by Gasteiger charge is -1.92. The fraction of sp³-hybridized carbons (Fsp3) is 0.125. The molecule has 0 aliphatic heterocycles. The summed E-state index contributed by atoms with van der Waals surface area (Å²) in [6.07, 6.45) is 5.67. The Morgan fingerprint density at radius 2 is 2.40 bits per heavy atom. The molecule has 0 aromatic carbocycles. The highest BCUT2D eigenvalue weighted by atomic mass is 15.0. The van der Waals surface area contributed by atoms with Crippen LogP contribution in [0.15, 0.2) is 30.9 Å². The second kappa shape index (κ2) is 1.84. The predicted octanol–water partition coefficient (Wildman–Crippen LogP) is 1.64. The highest BCUT2D eigenvalue weighted by Gasteiger charge is 1.89. The molecule has 0 aliphatic carbocycles. The number of hydrogen-bond acceptors (Lipinski definition) is 1. The predicted molar refractivity (Wildman–Crippen MR) is 39.9 cm³/mol. The van der Waals surface area contributed by atoms with E-state index in [1.54, 1.807) is 6.33 Å². The summed E-state index contributed by atoms with van der Waals surface area (Å²) in [5.74, 6) is 0. The van der Waals surface area contributed by atoms with E-state index in [1.165, 1.54) is 5.56 Å². The van der Waals surface area contributed by atoms with Crippen molar-refractivity contribution in [1.29, 1.82) is 0 Å². The summed E-state index contributed by atoms with van der Waals surface area (Å²) >= 11 is 0. The van der Waals surface area contributed by atoms with Gasteiger partial charge in [-0.1, -0.05) is 0 Å². The van der Waals surface area contributed by atoms with Crippen LogP contribution >= 0.6 is 0 Å². The molecule has 0 aliphatic rings. The van der Waals surface area contributed by atoms with E-state index in [2.05, 4.69) is 24.0 Å². The number of pyridine rings is 1. The third-order valence-corrected chi connectivity index (χ3v) is 1.57. The molecule has 0 radical (unpaired) electrons. The SMILES string of the molecule is Cc1ccn2cncc2c1. The van der Waals surface area contributed by atoms with Crippen LogP contribution in [0.5, 0.6) is 0 Å². The van der Waals surface area contributed by atoms with Gasteiger partial charge < -0.3 is 4.40 Å². The molecule has 2 aromatic heterocycles. The molecule has 2 nitrogen and oxygen atoms in total. The quantitative estimate of drug-likeness (QED) is 0.532. The lowest BCUT2D eigenvalue weighted by molar-refractivity contribution is 1.14. The van der Waals surface area contributed by atoms with Gasteiger partial charge in [0, 0.05) is 6.20 Å². The lowest BCUT2D eigenvalue weighted by Crippen LogP contribution is -1.80. The minimum atomic E-state index is 1.15. The average molecular weight is 132 g/mol. The molecular weight excluding hydrogens is 124 g/mol. The Morgan fingerprint density at radius 3 is 3.30 bits per heavy atom. The number of rotatable bonds is 0. The van der Waals surface area contributed by atoms with E-state index in [4.69, 9.17) is 0 Å². The van der Waals surface area contributed by atoms with Gasteiger partial charge in [0.2, 0.25) is 0 Å². The summed E-state index contributed by atoms with van der Waals surface area (Å²) in [7, 11) is 0. The van der Waals surface area contributed by atoms with E-state index >= 15 is 0 Å². The number of nitrogens with zero attached hydrogens (tertiary/aromatic N) is 2. The molecule has 0 fully saturated rings. The smallest absolute Gasteiger partial charge is 0.0991 e. The molecule has 0 saturated carbocycles. The molecule has 0 unspecified atom stereocenters. The maximum absolute atomic E-state index is 4.01. The van der Waals surface area contributed by atoms with Crippen LogP contribution in [0.2, 0.25) is 0 Å². The van der Waals surface area contributed by atoms with E-state index in [9.17, 15) is 0 Å². The summed E-state index contributed by atoms with van der Waals surface area (Å²) in [5.41, 5.74) is 2.42. The third-order valence-electron chi connectivity index (χ3n) is 1.57. The molecule has 2 heteroatoms. The fourth-order valence-corrected chi connectivity index (χ4v) is 1.03. The van der Waals surface area contributed by atoms with E-state index in [0.29, 0.717) is 0 Å². The van der Waals surface area contributed by atoms with E-state index in [0.717, 1.165) is 5.52 Å². The number of aromatic nitrogens is 2. The molecule has 2 heterocycles. The third kappa shape index (κ3) is 0.692. The molecule has 10 heavy (non-hydrogen) atoms. The zero-order valence-corrected chi connectivity index (χ0v) is 5.78. The van der Waals surface area contributed by atoms with Gasteiger partial charge in [-0.25, -0.2) is 4.98 Å². The van der Waals surface area contributed by atoms with Gasteiger partial charge in [0.05, 0.1) is 18.0 Å². The van der Waals surface area contributed by atoms with Crippen molar-refractivity contribution in [2.75, 3.05) is 0 Å². The van der Waals surface area contributed by atoms with Gasteiger partial charge in [0.1, 0.15) is 0 Å². The standard InChI is InChI=1S/C8H8N2/c1-7-2-3-10-6-9-5-8(10)4-7/h2-6H,1H3. The van der Waals surface area contributed by atoms with Gasteiger partial charge in [-0.3, -0.25) is 0 Å². The molecule has 0 spiro atoms. The maximum atomic E-state index is 4.01. The Labute approximate surface area is 59.1 Å². The minimum Gasteiger partial charge on any atom is -0.306 e. The van der Waals surface area contributed by atoms with Crippen molar-refractivity contribution >= 4 is 5.52 Å². The number of fused-ring (bicyclic) bond motifs is 1. The van der Waals surface area contributed by atoms with Crippen molar-refractivity contribution in [1.82, 2.24) is 9.38 Å². The molecule has 0 N–H and O–H groups in total. The summed E-state index contributed by atoms with van der Waals surface area (Å²) in [6, 6.07) is 4.17. The highest BCUT2D eigenvalue weighted by Crippen LogP contribution is 2.03. The minimum absolute atomic E-state index is 1.15. The largest absolute Gasteiger partial charge is 0.306 e. The molecule has 0 amide bonds. The number of imidazole rings is 1. The van der Waals surface area contributed by atoms with Crippen LogP contribution in [0.1, 0.15) is 5.56 Å². The van der Waals surface area contributed by atoms with Gasteiger partial charge >= 0.3 is 0 Å². The zero-order valence-electron chi connectivity index (χ0n) is 5.78. The van der Waals surface area contributed by atoms with E-state index in [-0.39, 0.29) is 0 Å². The van der Waals surface area contributed by atoms with Crippen molar-refractivity contribution in [3.8, 4) is 0 Å². The summed E-state index contributed by atoms with van der Waals surface area (Å²) < 4.78 is 1.99. The summed E-state index contributed by atoms with van der Waals surface area (Å²) in [4.78, 5) is 4.01. The van der Waals surface area contributed by atoms with Crippen molar-refractivity contribution in [3.05, 3.63) is 36.4 Å². The highest BCUT2D eigenvalue weighted by molar-refractivity contribution is 5.46. The Morgan fingerprint density at radius 1 is 1.50 bits per heavy atom. The molecule has 0 atom stereocenters. The Kier molecular flexibility index (Phi) is 1.01. The topological polar surface area (TPSA) is 17.3 Å². The Bertz CT molecular complexity index is 349. The first-order valence-electron chi connectivity index (χ1n) is 3.24. The first-order valence-corrected chi connectivity index (χ1v) is 3.24. The summed E-state index contributed by atoms with van der Waals surface area (Å²) in [5, 5.41) is 0. The second-order valence-electron chi connectivity index (χ2n) is 2.43. The molecule has 2 aromatic rings. The first kappa shape index (κ1) is 5.47. The van der Waals surface area contributed by atoms with Gasteiger partial charge in [0.25, 0.3) is 0 Å². The van der Waals surface area contributed by atoms with Gasteiger partial charge in [-0.05, 0) is 24.6 Å². The van der Waals surface area contributed by atoms with Crippen LogP contribution in [-0.4, -0.2) is 9.38 Å². The van der Waals surface area contributed by atoms with Crippen molar-refractivity contribution in [2.45, 2.75) is 6.92 Å². The fourth-order valence-electron chi connectivity index (χ4n) is 1.03. The normalized spacial score (nSPS) is 10.5. The second-order valence-corrected chi connectivity index (χ2v) is 2.43. The van der Waals surface area contributed by atoms with Crippen molar-refractivity contribution in [2.24, 2.45) is 0 Å². The summed E-state index contributed by atoms with van der Waals surface area (Å²) in [6.45, 7) is 2.08. The van der Waals surface area contributed by atoms with Crippen LogP contribution in [0.4, 0.5) is 0 Å². The average Bonchev–Trinajstić information content (AvgIpc) is 2.33. The van der Waals surface area contributed by atoms with Crippen LogP contribution in [0.25, 0.3) is 5.52 Å². The number of aryl methyl sites for hydroxylation is 1. The first-order chi connectivity index (χ1) is 4.86. The zero-order chi connectivity index (χ0) is 6.97. The molecule has 50 valence electrons. The van der Waals surface area contributed by atoms with Gasteiger partial charge in [-0.2, -0.15) is 0 Å². The van der Waals surface area contributed by atoms with Crippen molar-refractivity contribution in [3.63, 3.8) is 0 Å². The molecular formula is C8H8N2. The van der Waals surface area contributed by atoms with Gasteiger partial charge in [0.15, 0.2) is 0 Å². The molecule has 0 saturated heterocycles. The molecule has 2 rings (SSSR count). The monoisotopic (exact) mass is 132 g/mol. The Hall–Kier alpha value is -1.31. The number of hydrogen-bond donors (Lipinski definition) is 0. The van der Waals surface area contributed by atoms with Crippen LogP contribution in [0, 0.1) is 6.92 Å². The van der Waals surface area contributed by atoms with Crippen LogP contribution < -0.4 is 0 Å². The lowest BCUT2D eigenvalue weighted by atomic mass is 10.3. The van der Waals surface area contributed by atoms with E-state index < -0.39 is 0 Å². The maximum Gasteiger partial charge on any atom is 0.0991 e. The Balaban J connectivity index is 2.86. The van der Waals surface area contributed by atoms with Crippen molar-refractivity contribution < 1.29 is 0 Å². The van der Waals surface area contributed by atoms with Crippen LogP contribution in [-0.2, 0) is 0 Å². The van der Waals surface area contributed by atoms with E-state index in [1.807, 2.05) is 16.8 Å². The van der Waals surface area contributed by atoms with Crippen LogP contribution in [0.3, 0.4) is 0 Å². The van der Waals surface area contributed by atoms with Gasteiger partial charge in [-0.15, -0.1) is 0 Å².